The van der Waals surface area contributed by atoms with Gasteiger partial charge >= 0.3 is 7.60 Å². The maximum absolute atomic E-state index is 12.9. The second-order valence-corrected chi connectivity index (χ2v) is 10.3. The van der Waals surface area contributed by atoms with Crippen molar-refractivity contribution in [2.24, 2.45) is 0 Å². The Morgan fingerprint density at radius 2 is 1.88 bits per heavy atom. The molecule has 1 fully saturated rings. The largest absolute Gasteiger partial charge is 0.390 e. The second-order valence-electron chi connectivity index (χ2n) is 8.28. The first-order chi connectivity index (χ1) is 14.9. The Morgan fingerprint density at radius 3 is 2.38 bits per heavy atom. The van der Waals surface area contributed by atoms with Crippen molar-refractivity contribution in [3.8, 4) is 12.3 Å². The zero-order chi connectivity index (χ0) is 24.3. The van der Waals surface area contributed by atoms with Crippen LogP contribution in [0.25, 0.3) is 0 Å². The summed E-state index contributed by atoms with van der Waals surface area (Å²) in [4.78, 5) is 18.7. The summed E-state index contributed by atoms with van der Waals surface area (Å²) in [7, 11) is -4.46. The molecule has 6 atom stereocenters. The normalized spacial score (nSPS) is 27.5. The van der Waals surface area contributed by atoms with Crippen LogP contribution in [-0.2, 0) is 20.4 Å². The lowest BCUT2D eigenvalue weighted by molar-refractivity contribution is -0.0550. The van der Waals surface area contributed by atoms with Gasteiger partial charge in [0.05, 0.1) is 30.2 Å². The van der Waals surface area contributed by atoms with E-state index in [0.717, 1.165) is 0 Å². The molecule has 1 aromatic rings. The van der Waals surface area contributed by atoms with Crippen LogP contribution in [0.3, 0.4) is 0 Å². The van der Waals surface area contributed by atoms with Crippen molar-refractivity contribution >= 4 is 7.60 Å². The highest BCUT2D eigenvalue weighted by Crippen LogP contribution is 2.60. The smallest absolute Gasteiger partial charge is 0.359 e. The van der Waals surface area contributed by atoms with Crippen LogP contribution in [0.5, 0.6) is 0 Å². The summed E-state index contributed by atoms with van der Waals surface area (Å²) in [5.74, 6) is 2.34. The average molecular weight is 472 g/mol. The predicted molar refractivity (Wildman–Crippen MR) is 115 cm³/mol. The third kappa shape index (κ3) is 5.22. The summed E-state index contributed by atoms with van der Waals surface area (Å²) in [5.41, 5.74) is -0.832. The third-order valence-corrected chi connectivity index (χ3v) is 8.54. The van der Waals surface area contributed by atoms with Gasteiger partial charge in [0.2, 0.25) is 0 Å². The highest BCUT2D eigenvalue weighted by molar-refractivity contribution is 7.54. The molecule has 0 amide bonds. The summed E-state index contributed by atoms with van der Waals surface area (Å²) >= 11 is 0. The van der Waals surface area contributed by atoms with Crippen LogP contribution in [0.4, 0.5) is 0 Å². The molecule has 0 aliphatic carbocycles. The van der Waals surface area contributed by atoms with E-state index in [-0.39, 0.29) is 42.8 Å². The van der Waals surface area contributed by atoms with Crippen molar-refractivity contribution in [1.82, 2.24) is 9.97 Å². The Labute approximate surface area is 188 Å². The van der Waals surface area contributed by atoms with E-state index in [0.29, 0.717) is 0 Å². The predicted octanol–water partition coefficient (Wildman–Crippen LogP) is 1.38. The standard InChI is InChI=1S/C21H33N2O8P/c1-6-14-16(23-13(12-24)11-22-14)19-18(26)17(25)15(30-19)10-20(5,7-2)31-32(28,29)21(27,8-3)9-4/h1,11,15,17-19,24-27H,7-10,12H2,2-5H3,(H,28,29). The summed E-state index contributed by atoms with van der Waals surface area (Å²) in [5, 5.41) is 39.2. The molecule has 1 aliphatic heterocycles. The lowest BCUT2D eigenvalue weighted by atomic mass is 9.92. The molecule has 1 aliphatic rings. The summed E-state index contributed by atoms with van der Waals surface area (Å²) in [6.45, 7) is 6.10. The van der Waals surface area contributed by atoms with Gasteiger partial charge in [0.1, 0.15) is 29.7 Å². The van der Waals surface area contributed by atoms with Crippen LogP contribution in [-0.4, -0.2) is 64.5 Å². The molecule has 180 valence electrons. The number of hydrogen-bond acceptors (Lipinski definition) is 9. The Balaban J connectivity index is 2.29. The van der Waals surface area contributed by atoms with Crippen LogP contribution < -0.4 is 0 Å². The number of ether oxygens (including phenoxy) is 1. The number of hydrogen-bond donors (Lipinski definition) is 5. The van der Waals surface area contributed by atoms with Gasteiger partial charge in [-0.1, -0.05) is 20.8 Å². The molecule has 0 spiro atoms. The maximum atomic E-state index is 12.9. The van der Waals surface area contributed by atoms with Gasteiger partial charge in [0, 0.05) is 6.42 Å². The Kier molecular flexibility index (Phi) is 8.59. The van der Waals surface area contributed by atoms with E-state index in [9.17, 15) is 29.9 Å². The van der Waals surface area contributed by atoms with Crippen molar-refractivity contribution in [2.45, 2.75) is 95.3 Å². The van der Waals surface area contributed by atoms with Gasteiger partial charge in [0.15, 0.2) is 5.34 Å². The molecule has 1 aromatic heterocycles. The van der Waals surface area contributed by atoms with Gasteiger partial charge in [-0.25, -0.2) is 9.97 Å². The zero-order valence-corrected chi connectivity index (χ0v) is 19.7. The number of aliphatic hydroxyl groups excluding tert-OH is 3. The molecule has 10 nitrogen and oxygen atoms in total. The average Bonchev–Trinajstić information content (AvgIpc) is 3.05. The molecule has 0 aromatic carbocycles. The van der Waals surface area contributed by atoms with Gasteiger partial charge in [-0.2, -0.15) is 0 Å². The fraction of sp³-hybridized carbons (Fsp3) is 0.714. The Bertz CT molecular complexity index is 887. The van der Waals surface area contributed by atoms with Crippen LogP contribution >= 0.6 is 7.60 Å². The Hall–Kier alpha value is -1.41. The fourth-order valence-electron chi connectivity index (χ4n) is 3.68. The van der Waals surface area contributed by atoms with Gasteiger partial charge in [-0.15, -0.1) is 6.42 Å². The van der Waals surface area contributed by atoms with Crippen LogP contribution in [0.1, 0.15) is 76.6 Å². The van der Waals surface area contributed by atoms with E-state index >= 15 is 0 Å². The number of terminal acetylenes is 1. The second kappa shape index (κ2) is 10.2. The molecular weight excluding hydrogens is 439 g/mol. The topological polar surface area (TPSA) is 162 Å². The maximum Gasteiger partial charge on any atom is 0.359 e. The highest BCUT2D eigenvalue weighted by Gasteiger charge is 2.52. The van der Waals surface area contributed by atoms with E-state index in [4.69, 9.17) is 15.7 Å². The van der Waals surface area contributed by atoms with E-state index in [2.05, 4.69) is 15.9 Å². The number of nitrogens with zero attached hydrogens (tertiary/aromatic N) is 2. The molecule has 0 radical (unpaired) electrons. The lowest BCUT2D eigenvalue weighted by Gasteiger charge is -2.38. The van der Waals surface area contributed by atoms with E-state index in [1.54, 1.807) is 27.7 Å². The van der Waals surface area contributed by atoms with E-state index < -0.39 is 49.6 Å². The van der Waals surface area contributed by atoms with E-state index in [1.165, 1.54) is 6.20 Å². The molecule has 2 rings (SSSR count). The summed E-state index contributed by atoms with van der Waals surface area (Å²) in [6, 6.07) is 0. The van der Waals surface area contributed by atoms with E-state index in [1.807, 2.05) is 0 Å². The summed E-state index contributed by atoms with van der Waals surface area (Å²) < 4.78 is 24.4. The quantitative estimate of drug-likeness (QED) is 0.248. The Morgan fingerprint density at radius 1 is 1.25 bits per heavy atom. The van der Waals surface area contributed by atoms with Crippen LogP contribution in [0.2, 0.25) is 0 Å². The van der Waals surface area contributed by atoms with Crippen molar-refractivity contribution in [3.63, 3.8) is 0 Å². The summed E-state index contributed by atoms with van der Waals surface area (Å²) in [6.07, 6.45) is 2.16. The monoisotopic (exact) mass is 472 g/mol. The van der Waals surface area contributed by atoms with Crippen molar-refractivity contribution in [1.29, 1.82) is 0 Å². The minimum absolute atomic E-state index is 0.0230. The first-order valence-electron chi connectivity index (χ1n) is 10.6. The first kappa shape index (κ1) is 26.8. The minimum atomic E-state index is -4.46. The molecule has 6 unspecified atom stereocenters. The fourth-order valence-corrected chi connectivity index (χ4v) is 5.45. The highest BCUT2D eigenvalue weighted by atomic mass is 31.2. The number of rotatable bonds is 10. The molecule has 32 heavy (non-hydrogen) atoms. The first-order valence-corrected chi connectivity index (χ1v) is 12.2. The number of aliphatic hydroxyl groups is 4. The molecule has 5 N–H and O–H groups in total. The van der Waals surface area contributed by atoms with Crippen LogP contribution in [0.15, 0.2) is 6.20 Å². The zero-order valence-electron chi connectivity index (χ0n) is 18.8. The molecule has 11 heteroatoms. The van der Waals surface area contributed by atoms with Crippen LogP contribution in [0, 0.1) is 12.3 Å². The lowest BCUT2D eigenvalue weighted by Crippen LogP contribution is -2.40. The minimum Gasteiger partial charge on any atom is -0.390 e. The molecule has 1 saturated heterocycles. The van der Waals surface area contributed by atoms with Gasteiger partial charge in [-0.3, -0.25) is 4.57 Å². The van der Waals surface area contributed by atoms with Crippen molar-refractivity contribution in [3.05, 3.63) is 23.3 Å². The molecule has 0 bridgehead atoms. The number of aromatic nitrogens is 2. The van der Waals surface area contributed by atoms with Gasteiger partial charge in [-0.05, 0) is 32.1 Å². The van der Waals surface area contributed by atoms with Gasteiger partial charge in [0.25, 0.3) is 0 Å². The molecule has 2 heterocycles. The third-order valence-electron chi connectivity index (χ3n) is 6.16. The SMILES string of the molecule is C#Cc1ncc(CO)nc1C1OC(CC(C)(CC)OP(=O)(O)C(O)(CC)CC)C(O)C1O. The molecular formula is C21H33N2O8P. The van der Waals surface area contributed by atoms with Crippen molar-refractivity contribution in [2.75, 3.05) is 0 Å². The molecule has 0 saturated carbocycles. The van der Waals surface area contributed by atoms with Gasteiger partial charge < -0.3 is 34.6 Å². The van der Waals surface area contributed by atoms with Crippen molar-refractivity contribution < 1.29 is 39.1 Å².